The highest BCUT2D eigenvalue weighted by Gasteiger charge is 2.28. The molecule has 80 valence electrons. The van der Waals surface area contributed by atoms with Gasteiger partial charge in [0.2, 0.25) is 0 Å². The van der Waals surface area contributed by atoms with Crippen molar-refractivity contribution in [2.24, 2.45) is 0 Å². The van der Waals surface area contributed by atoms with Crippen molar-refractivity contribution in [3.05, 3.63) is 34.3 Å². The Kier molecular flexibility index (Phi) is 2.43. The van der Waals surface area contributed by atoms with E-state index in [1.54, 1.807) is 0 Å². The molecule has 0 saturated carbocycles. The summed E-state index contributed by atoms with van der Waals surface area (Å²) in [6, 6.07) is 6.95. The molecule has 1 fully saturated rings. The number of piperazine rings is 1. The standard InChI is InChI=1S/C12H15ClN2/c13-12-3-1-2-9-6-10-7-14-4-5-15(10)8-11(9)12/h1-3,10,14H,4-8H2/t10-/m1/s1. The Morgan fingerprint density at radius 3 is 3.27 bits per heavy atom. The summed E-state index contributed by atoms with van der Waals surface area (Å²) in [7, 11) is 0. The predicted molar refractivity (Wildman–Crippen MR) is 62.2 cm³/mol. The maximum Gasteiger partial charge on any atom is 0.0453 e. The fourth-order valence-electron chi connectivity index (χ4n) is 2.64. The summed E-state index contributed by atoms with van der Waals surface area (Å²) in [6.45, 7) is 4.40. The summed E-state index contributed by atoms with van der Waals surface area (Å²) in [6.07, 6.45) is 1.14. The van der Waals surface area contributed by atoms with Crippen molar-refractivity contribution < 1.29 is 0 Å². The molecular weight excluding hydrogens is 208 g/mol. The van der Waals surface area contributed by atoms with Crippen LogP contribution in [0.5, 0.6) is 0 Å². The number of nitrogens with one attached hydrogen (secondary N) is 1. The second kappa shape index (κ2) is 3.78. The Morgan fingerprint density at radius 1 is 1.40 bits per heavy atom. The van der Waals surface area contributed by atoms with Gasteiger partial charge in [0.25, 0.3) is 0 Å². The molecule has 0 amide bonds. The lowest BCUT2D eigenvalue weighted by molar-refractivity contribution is 0.140. The minimum Gasteiger partial charge on any atom is -0.314 e. The molecule has 15 heavy (non-hydrogen) atoms. The number of benzene rings is 1. The molecule has 0 spiro atoms. The quantitative estimate of drug-likeness (QED) is 0.719. The number of hydrogen-bond donors (Lipinski definition) is 1. The summed E-state index contributed by atoms with van der Waals surface area (Å²) >= 11 is 6.23. The maximum absolute atomic E-state index is 6.23. The Hall–Kier alpha value is -0.570. The van der Waals surface area contributed by atoms with Crippen LogP contribution in [0.2, 0.25) is 5.02 Å². The normalized spacial score (nSPS) is 25.8. The van der Waals surface area contributed by atoms with Gasteiger partial charge < -0.3 is 5.32 Å². The zero-order valence-corrected chi connectivity index (χ0v) is 9.43. The zero-order valence-electron chi connectivity index (χ0n) is 8.67. The van der Waals surface area contributed by atoms with Crippen molar-refractivity contribution in [3.63, 3.8) is 0 Å². The minimum atomic E-state index is 0.671. The van der Waals surface area contributed by atoms with E-state index in [2.05, 4.69) is 22.3 Å². The van der Waals surface area contributed by atoms with E-state index in [1.807, 2.05) is 6.07 Å². The van der Waals surface area contributed by atoms with E-state index in [0.29, 0.717) is 6.04 Å². The van der Waals surface area contributed by atoms with Crippen LogP contribution in [0.15, 0.2) is 18.2 Å². The molecule has 0 aliphatic carbocycles. The molecule has 1 aromatic rings. The van der Waals surface area contributed by atoms with Crippen LogP contribution in [0.4, 0.5) is 0 Å². The lowest BCUT2D eigenvalue weighted by atomic mass is 9.93. The Morgan fingerprint density at radius 2 is 2.33 bits per heavy atom. The molecule has 2 nitrogen and oxygen atoms in total. The van der Waals surface area contributed by atoms with Gasteiger partial charge in [-0.05, 0) is 23.6 Å². The van der Waals surface area contributed by atoms with Crippen molar-refractivity contribution in [3.8, 4) is 0 Å². The topological polar surface area (TPSA) is 15.3 Å². The van der Waals surface area contributed by atoms with E-state index in [9.17, 15) is 0 Å². The van der Waals surface area contributed by atoms with Gasteiger partial charge in [-0.2, -0.15) is 0 Å². The van der Waals surface area contributed by atoms with Gasteiger partial charge in [-0.3, -0.25) is 4.90 Å². The molecular formula is C12H15ClN2. The molecule has 3 rings (SSSR count). The number of halogens is 1. The molecule has 2 heterocycles. The maximum atomic E-state index is 6.23. The van der Waals surface area contributed by atoms with Crippen molar-refractivity contribution in [2.75, 3.05) is 19.6 Å². The highest BCUT2D eigenvalue weighted by molar-refractivity contribution is 6.31. The van der Waals surface area contributed by atoms with E-state index in [4.69, 9.17) is 11.6 Å². The Bertz CT molecular complexity index is 378. The molecule has 0 aromatic heterocycles. The smallest absolute Gasteiger partial charge is 0.0453 e. The van der Waals surface area contributed by atoms with Gasteiger partial charge in [0, 0.05) is 37.2 Å². The first kappa shape index (κ1) is 9.64. The van der Waals surface area contributed by atoms with E-state index in [0.717, 1.165) is 37.6 Å². The van der Waals surface area contributed by atoms with E-state index in [-0.39, 0.29) is 0 Å². The predicted octanol–water partition coefficient (Wildman–Crippen LogP) is 1.67. The molecule has 1 N–H and O–H groups in total. The summed E-state index contributed by atoms with van der Waals surface area (Å²) < 4.78 is 0. The molecule has 0 unspecified atom stereocenters. The Balaban J connectivity index is 1.95. The SMILES string of the molecule is Clc1cccc2c1CN1CCNC[C@H]1C2. The monoisotopic (exact) mass is 222 g/mol. The third-order valence-electron chi connectivity index (χ3n) is 3.50. The van der Waals surface area contributed by atoms with Gasteiger partial charge in [-0.25, -0.2) is 0 Å². The van der Waals surface area contributed by atoms with Crippen LogP contribution in [-0.4, -0.2) is 30.6 Å². The van der Waals surface area contributed by atoms with Gasteiger partial charge in [0.15, 0.2) is 0 Å². The zero-order chi connectivity index (χ0) is 10.3. The molecule has 3 heteroatoms. The molecule has 2 aliphatic rings. The van der Waals surface area contributed by atoms with Crippen molar-refractivity contribution >= 4 is 11.6 Å². The van der Waals surface area contributed by atoms with Crippen molar-refractivity contribution in [2.45, 2.75) is 19.0 Å². The first-order chi connectivity index (χ1) is 7.34. The summed E-state index contributed by atoms with van der Waals surface area (Å²) in [5.74, 6) is 0. The number of nitrogens with zero attached hydrogens (tertiary/aromatic N) is 1. The number of fused-ring (bicyclic) bond motifs is 2. The van der Waals surface area contributed by atoms with Crippen molar-refractivity contribution in [1.82, 2.24) is 10.2 Å². The van der Waals surface area contributed by atoms with Crippen LogP contribution in [0.1, 0.15) is 11.1 Å². The van der Waals surface area contributed by atoms with Gasteiger partial charge in [0.05, 0.1) is 0 Å². The average molecular weight is 223 g/mol. The third-order valence-corrected chi connectivity index (χ3v) is 3.86. The second-order valence-corrected chi connectivity index (χ2v) is 4.82. The summed E-state index contributed by atoms with van der Waals surface area (Å²) in [5.41, 5.74) is 2.78. The third kappa shape index (κ3) is 1.67. The molecule has 1 aromatic carbocycles. The molecule has 1 saturated heterocycles. The van der Waals surface area contributed by atoms with E-state index in [1.165, 1.54) is 11.1 Å². The van der Waals surface area contributed by atoms with E-state index < -0.39 is 0 Å². The minimum absolute atomic E-state index is 0.671. The first-order valence-electron chi connectivity index (χ1n) is 5.55. The number of hydrogen-bond acceptors (Lipinski definition) is 2. The van der Waals surface area contributed by atoms with Gasteiger partial charge in [0.1, 0.15) is 0 Å². The summed E-state index contributed by atoms with van der Waals surface area (Å²) in [5, 5.41) is 4.39. The van der Waals surface area contributed by atoms with Crippen LogP contribution in [0.25, 0.3) is 0 Å². The van der Waals surface area contributed by atoms with Crippen LogP contribution >= 0.6 is 11.6 Å². The van der Waals surface area contributed by atoms with Gasteiger partial charge in [-0.15, -0.1) is 0 Å². The second-order valence-electron chi connectivity index (χ2n) is 4.41. The van der Waals surface area contributed by atoms with Gasteiger partial charge >= 0.3 is 0 Å². The highest BCUT2D eigenvalue weighted by Crippen LogP contribution is 2.29. The molecule has 0 radical (unpaired) electrons. The lowest BCUT2D eigenvalue weighted by Crippen LogP contribution is -2.53. The molecule has 1 atom stereocenters. The Labute approximate surface area is 95.2 Å². The summed E-state index contributed by atoms with van der Waals surface area (Å²) in [4.78, 5) is 2.55. The van der Waals surface area contributed by atoms with Crippen LogP contribution < -0.4 is 5.32 Å². The molecule has 2 aliphatic heterocycles. The van der Waals surface area contributed by atoms with Crippen LogP contribution in [0, 0.1) is 0 Å². The first-order valence-corrected chi connectivity index (χ1v) is 5.93. The van der Waals surface area contributed by atoms with Gasteiger partial charge in [-0.1, -0.05) is 23.7 Å². The average Bonchev–Trinajstić information content (AvgIpc) is 2.27. The van der Waals surface area contributed by atoms with E-state index >= 15 is 0 Å². The van der Waals surface area contributed by atoms with Crippen LogP contribution in [-0.2, 0) is 13.0 Å². The lowest BCUT2D eigenvalue weighted by Gasteiger charge is -2.40. The highest BCUT2D eigenvalue weighted by atomic mass is 35.5. The largest absolute Gasteiger partial charge is 0.314 e. The fourth-order valence-corrected chi connectivity index (χ4v) is 2.89. The van der Waals surface area contributed by atoms with Crippen molar-refractivity contribution in [1.29, 1.82) is 0 Å². The fraction of sp³-hybridized carbons (Fsp3) is 0.500. The van der Waals surface area contributed by atoms with Crippen LogP contribution in [0.3, 0.4) is 0 Å². The number of rotatable bonds is 0. The molecule has 0 bridgehead atoms.